The summed E-state index contributed by atoms with van der Waals surface area (Å²) >= 11 is 0. The number of nitrogens with zero attached hydrogens (tertiary/aromatic N) is 1. The topological polar surface area (TPSA) is 54.0 Å². The van der Waals surface area contributed by atoms with Crippen molar-refractivity contribution in [2.24, 2.45) is 5.92 Å². The van der Waals surface area contributed by atoms with Crippen molar-refractivity contribution < 1.29 is 4.79 Å². The molecule has 20 heavy (non-hydrogen) atoms. The number of pyridine rings is 1. The van der Waals surface area contributed by atoms with Gasteiger partial charge in [0, 0.05) is 24.3 Å². The van der Waals surface area contributed by atoms with Crippen molar-refractivity contribution in [2.45, 2.75) is 52.0 Å². The summed E-state index contributed by atoms with van der Waals surface area (Å²) in [5.74, 6) is 1.80. The molecule has 1 aliphatic carbocycles. The first-order valence-electron chi connectivity index (χ1n) is 7.50. The Morgan fingerprint density at radius 1 is 1.35 bits per heavy atom. The third kappa shape index (κ3) is 3.50. The second-order valence-electron chi connectivity index (χ2n) is 6.16. The maximum Gasteiger partial charge on any atom is 0.251 e. The molecule has 1 heterocycles. The van der Waals surface area contributed by atoms with Crippen molar-refractivity contribution in [3.05, 3.63) is 23.4 Å². The first-order chi connectivity index (χ1) is 9.49. The van der Waals surface area contributed by atoms with E-state index in [0.717, 1.165) is 30.3 Å². The van der Waals surface area contributed by atoms with Crippen molar-refractivity contribution in [1.29, 1.82) is 0 Å². The van der Waals surface area contributed by atoms with Crippen molar-refractivity contribution in [1.82, 2.24) is 10.3 Å². The van der Waals surface area contributed by atoms with Gasteiger partial charge in [0.25, 0.3) is 5.91 Å². The zero-order valence-electron chi connectivity index (χ0n) is 12.9. The number of amides is 1. The number of carbonyl (C=O) groups excluding carboxylic acids is 1. The number of anilines is 1. The molecule has 110 valence electrons. The summed E-state index contributed by atoms with van der Waals surface area (Å²) in [6, 6.07) is 4.05. The third-order valence-electron chi connectivity index (χ3n) is 3.99. The molecule has 1 aliphatic rings. The lowest BCUT2D eigenvalue weighted by molar-refractivity contribution is 0.0937. The molecule has 4 heteroatoms. The van der Waals surface area contributed by atoms with Crippen LogP contribution in [-0.2, 0) is 0 Å². The van der Waals surface area contributed by atoms with Gasteiger partial charge in [-0.05, 0) is 43.2 Å². The van der Waals surface area contributed by atoms with Gasteiger partial charge in [0.1, 0.15) is 5.82 Å². The lowest BCUT2D eigenvalue weighted by atomic mass is 10.1. The van der Waals surface area contributed by atoms with Crippen LogP contribution in [0.1, 0.15) is 62.0 Å². The van der Waals surface area contributed by atoms with E-state index in [9.17, 15) is 4.79 Å². The highest BCUT2D eigenvalue weighted by atomic mass is 16.1. The van der Waals surface area contributed by atoms with E-state index in [4.69, 9.17) is 0 Å². The van der Waals surface area contributed by atoms with E-state index in [1.165, 1.54) is 6.42 Å². The van der Waals surface area contributed by atoms with Crippen molar-refractivity contribution in [2.75, 3.05) is 12.4 Å². The van der Waals surface area contributed by atoms with Crippen molar-refractivity contribution in [3.8, 4) is 0 Å². The van der Waals surface area contributed by atoms with Gasteiger partial charge in [-0.1, -0.05) is 20.8 Å². The largest absolute Gasteiger partial charge is 0.373 e. The molecule has 2 atom stereocenters. The normalized spacial score (nSPS) is 22.1. The standard InChI is InChI=1S/C16H25N3O/c1-10(2)14-8-12(9-15(17-4)19-14)16(20)18-13-6-5-11(3)7-13/h8-11,13H,5-7H2,1-4H3,(H,17,19)(H,18,20). The molecule has 2 N–H and O–H groups in total. The van der Waals surface area contributed by atoms with Crippen LogP contribution in [0.15, 0.2) is 12.1 Å². The minimum atomic E-state index is 0.0184. The highest BCUT2D eigenvalue weighted by Crippen LogP contribution is 2.25. The lowest BCUT2D eigenvalue weighted by Crippen LogP contribution is -2.33. The molecule has 0 aliphatic heterocycles. The third-order valence-corrected chi connectivity index (χ3v) is 3.99. The van der Waals surface area contributed by atoms with E-state index in [1.54, 1.807) is 0 Å². The van der Waals surface area contributed by atoms with E-state index < -0.39 is 0 Å². The van der Waals surface area contributed by atoms with Crippen LogP contribution >= 0.6 is 0 Å². The Morgan fingerprint density at radius 3 is 2.65 bits per heavy atom. The maximum absolute atomic E-state index is 12.4. The smallest absolute Gasteiger partial charge is 0.251 e. The molecule has 1 aromatic rings. The SMILES string of the molecule is CNc1cc(C(=O)NC2CCC(C)C2)cc(C(C)C)n1. The summed E-state index contributed by atoms with van der Waals surface area (Å²) in [4.78, 5) is 16.9. The Balaban J connectivity index is 2.14. The first kappa shape index (κ1) is 14.8. The molecule has 0 bridgehead atoms. The molecule has 0 aromatic carbocycles. The molecule has 1 saturated carbocycles. The van der Waals surface area contributed by atoms with E-state index >= 15 is 0 Å². The molecule has 2 unspecified atom stereocenters. The number of carbonyl (C=O) groups is 1. The average Bonchev–Trinajstić information content (AvgIpc) is 2.83. The van der Waals surface area contributed by atoms with Crippen LogP contribution in [0, 0.1) is 5.92 Å². The first-order valence-corrected chi connectivity index (χ1v) is 7.50. The van der Waals surface area contributed by atoms with E-state index in [0.29, 0.717) is 17.5 Å². The Hall–Kier alpha value is -1.58. The zero-order valence-corrected chi connectivity index (χ0v) is 12.9. The predicted molar refractivity (Wildman–Crippen MR) is 82.1 cm³/mol. The second kappa shape index (κ2) is 6.25. The number of nitrogens with one attached hydrogen (secondary N) is 2. The second-order valence-corrected chi connectivity index (χ2v) is 6.16. The Labute approximate surface area is 121 Å². The molecule has 2 rings (SSSR count). The summed E-state index contributed by atoms with van der Waals surface area (Å²) in [7, 11) is 1.83. The van der Waals surface area contributed by atoms with Gasteiger partial charge >= 0.3 is 0 Å². The summed E-state index contributed by atoms with van der Waals surface area (Å²) in [5, 5.41) is 6.18. The predicted octanol–water partition coefficient (Wildman–Crippen LogP) is 3.17. The molecule has 1 amide bonds. The van der Waals surface area contributed by atoms with Gasteiger partial charge in [-0.3, -0.25) is 4.79 Å². The zero-order chi connectivity index (χ0) is 14.7. The highest BCUT2D eigenvalue weighted by Gasteiger charge is 2.23. The molecule has 0 saturated heterocycles. The van der Waals surface area contributed by atoms with Crippen molar-refractivity contribution >= 4 is 11.7 Å². The van der Waals surface area contributed by atoms with Crippen LogP contribution in [0.2, 0.25) is 0 Å². The molecule has 1 aromatic heterocycles. The van der Waals surface area contributed by atoms with Gasteiger partial charge in [0.15, 0.2) is 0 Å². The average molecular weight is 275 g/mol. The monoisotopic (exact) mass is 275 g/mol. The van der Waals surface area contributed by atoms with Crippen LogP contribution < -0.4 is 10.6 Å². The molecule has 4 nitrogen and oxygen atoms in total. The quantitative estimate of drug-likeness (QED) is 0.887. The summed E-state index contributed by atoms with van der Waals surface area (Å²) < 4.78 is 0. The van der Waals surface area contributed by atoms with Gasteiger partial charge in [-0.25, -0.2) is 4.98 Å². The number of hydrogen-bond acceptors (Lipinski definition) is 3. The molecular weight excluding hydrogens is 250 g/mol. The Morgan fingerprint density at radius 2 is 2.10 bits per heavy atom. The van der Waals surface area contributed by atoms with E-state index in [1.807, 2.05) is 19.2 Å². The maximum atomic E-state index is 12.4. The fourth-order valence-electron chi connectivity index (χ4n) is 2.71. The summed E-state index contributed by atoms with van der Waals surface area (Å²) in [6.07, 6.45) is 3.39. The van der Waals surface area contributed by atoms with Crippen LogP contribution in [0.3, 0.4) is 0 Å². The number of rotatable bonds is 4. The number of aromatic nitrogens is 1. The van der Waals surface area contributed by atoms with Gasteiger partial charge in [0.05, 0.1) is 0 Å². The molecule has 0 spiro atoms. The van der Waals surface area contributed by atoms with Gasteiger partial charge in [0.2, 0.25) is 0 Å². The fraction of sp³-hybridized carbons (Fsp3) is 0.625. The minimum absolute atomic E-state index is 0.0184. The van der Waals surface area contributed by atoms with Gasteiger partial charge < -0.3 is 10.6 Å². The molecule has 1 fully saturated rings. The van der Waals surface area contributed by atoms with Crippen LogP contribution in [0.4, 0.5) is 5.82 Å². The number of hydrogen-bond donors (Lipinski definition) is 2. The van der Waals surface area contributed by atoms with E-state index in [-0.39, 0.29) is 5.91 Å². The summed E-state index contributed by atoms with van der Waals surface area (Å²) in [6.45, 7) is 6.42. The minimum Gasteiger partial charge on any atom is -0.373 e. The van der Waals surface area contributed by atoms with Gasteiger partial charge in [-0.2, -0.15) is 0 Å². The van der Waals surface area contributed by atoms with Crippen LogP contribution in [-0.4, -0.2) is 24.0 Å². The van der Waals surface area contributed by atoms with Crippen molar-refractivity contribution in [3.63, 3.8) is 0 Å². The highest BCUT2D eigenvalue weighted by molar-refractivity contribution is 5.95. The fourth-order valence-corrected chi connectivity index (χ4v) is 2.71. The van der Waals surface area contributed by atoms with E-state index in [2.05, 4.69) is 36.4 Å². The van der Waals surface area contributed by atoms with Crippen LogP contribution in [0.5, 0.6) is 0 Å². The summed E-state index contributed by atoms with van der Waals surface area (Å²) in [5.41, 5.74) is 1.65. The molecular formula is C16H25N3O. The Bertz CT molecular complexity index is 485. The Kier molecular flexibility index (Phi) is 4.63. The van der Waals surface area contributed by atoms with Crippen LogP contribution in [0.25, 0.3) is 0 Å². The van der Waals surface area contributed by atoms with Gasteiger partial charge in [-0.15, -0.1) is 0 Å². The lowest BCUT2D eigenvalue weighted by Gasteiger charge is -2.14. The molecule has 0 radical (unpaired) electrons.